The largest absolute Gasteiger partial charge is 0.394 e. The first-order valence-corrected chi connectivity index (χ1v) is 34.0. The Morgan fingerprint density at radius 1 is 0.622 bits per heavy atom. The van der Waals surface area contributed by atoms with Crippen molar-refractivity contribution in [3.8, 4) is 0 Å². The quantitative estimate of drug-likeness (QED) is 0.0296. The number of unbranched alkanes of at least 4 members (excludes halogenated alkanes) is 1. The molecule has 1 aliphatic rings. The van der Waals surface area contributed by atoms with E-state index >= 15 is 9.59 Å². The summed E-state index contributed by atoms with van der Waals surface area (Å²) in [5, 5.41) is 39.8. The number of hydrogen-bond donors (Lipinski definition) is 17. The van der Waals surface area contributed by atoms with Crippen LogP contribution in [0.15, 0.2) is 37.2 Å². The highest BCUT2D eigenvalue weighted by atomic mass is 16.3. The first-order chi connectivity index (χ1) is 46.1. The highest BCUT2D eigenvalue weighted by Crippen LogP contribution is 2.22. The Morgan fingerprint density at radius 3 is 1.64 bits per heavy atom. The van der Waals surface area contributed by atoms with Gasteiger partial charge in [-0.3, -0.25) is 62.3 Å². The minimum absolute atomic E-state index is 0.0101. The van der Waals surface area contributed by atoms with Crippen molar-refractivity contribution in [2.45, 2.75) is 251 Å². The van der Waals surface area contributed by atoms with Crippen LogP contribution in [0.2, 0.25) is 0 Å². The van der Waals surface area contributed by atoms with E-state index < -0.39 is 161 Å². The Labute approximate surface area is 574 Å². The van der Waals surface area contributed by atoms with Gasteiger partial charge < -0.3 is 90.8 Å². The predicted molar refractivity (Wildman–Crippen MR) is 363 cm³/mol. The molecule has 98 heavy (non-hydrogen) atoms. The van der Waals surface area contributed by atoms with Gasteiger partial charge >= 0.3 is 0 Å². The molecule has 0 spiro atoms. The maximum absolute atomic E-state index is 15.1. The number of aliphatic hydroxyl groups excluding tert-OH is 1. The topological polar surface area (TPSA) is 510 Å². The molecule has 0 radical (unpaired) electrons. The number of allylic oxidation sites excluding steroid dienone is 2. The van der Waals surface area contributed by atoms with Gasteiger partial charge in [0.15, 0.2) is 0 Å². The molecule has 0 aromatic carbocycles. The third-order valence-corrected chi connectivity index (χ3v) is 16.9. The van der Waals surface area contributed by atoms with Crippen LogP contribution in [0, 0.1) is 23.7 Å². The van der Waals surface area contributed by atoms with Crippen molar-refractivity contribution in [1.29, 1.82) is 0 Å². The highest BCUT2D eigenvalue weighted by molar-refractivity contribution is 6.01. The molecule has 12 atom stereocenters. The van der Waals surface area contributed by atoms with Gasteiger partial charge in [-0.1, -0.05) is 74.0 Å². The van der Waals surface area contributed by atoms with E-state index in [2.05, 4.69) is 78.4 Å². The minimum atomic E-state index is -1.84. The van der Waals surface area contributed by atoms with Crippen molar-refractivity contribution in [2.24, 2.45) is 40.9 Å². The lowest BCUT2D eigenvalue weighted by atomic mass is 9.91. The summed E-state index contributed by atoms with van der Waals surface area (Å²) in [4.78, 5) is 196. The van der Waals surface area contributed by atoms with Gasteiger partial charge in [0.05, 0.1) is 19.3 Å². The minimum Gasteiger partial charge on any atom is -0.394 e. The van der Waals surface area contributed by atoms with Crippen LogP contribution in [0.5, 0.6) is 0 Å². The molecule has 0 aliphatic carbocycles. The van der Waals surface area contributed by atoms with E-state index in [4.69, 9.17) is 17.2 Å². The molecular weight excluding hydrogens is 1270 g/mol. The molecule has 548 valence electrons. The van der Waals surface area contributed by atoms with Crippen molar-refractivity contribution in [2.75, 3.05) is 13.2 Å². The van der Waals surface area contributed by atoms with E-state index in [1.807, 2.05) is 26.8 Å². The van der Waals surface area contributed by atoms with Crippen LogP contribution >= 0.6 is 0 Å². The number of carbonyl (C=O) groups excluding carboxylic acids is 13. The maximum atomic E-state index is 15.1. The summed E-state index contributed by atoms with van der Waals surface area (Å²) < 4.78 is 0. The first-order valence-electron chi connectivity index (χ1n) is 34.0. The highest BCUT2D eigenvalue weighted by Gasteiger charge is 2.43. The Hall–Kier alpha value is -8.81. The number of amides is 13. The molecule has 0 unspecified atom stereocenters. The number of rotatable bonds is 34. The Morgan fingerprint density at radius 2 is 1.14 bits per heavy atom. The molecule has 13 amide bonds. The smallest absolute Gasteiger partial charge is 0.246 e. The second-order valence-electron chi connectivity index (χ2n) is 27.2. The Bertz CT molecular complexity index is 3000. The molecule has 1 aliphatic heterocycles. The predicted octanol–water partition coefficient (Wildman–Crippen LogP) is -0.982. The lowest BCUT2D eigenvalue weighted by Gasteiger charge is -2.34. The lowest BCUT2D eigenvalue weighted by Crippen LogP contribution is -2.65. The number of imidazole rings is 2. The number of aromatic amines is 2. The summed E-state index contributed by atoms with van der Waals surface area (Å²) >= 11 is 0. The normalized spacial score (nSPS) is 21.7. The summed E-state index contributed by atoms with van der Waals surface area (Å²) in [5.74, 6) is -11.6. The van der Waals surface area contributed by atoms with E-state index in [0.717, 1.165) is 0 Å². The third-order valence-electron chi connectivity index (χ3n) is 16.9. The molecule has 2 aromatic heterocycles. The van der Waals surface area contributed by atoms with Crippen LogP contribution in [-0.2, 0) is 75.2 Å². The van der Waals surface area contributed by atoms with Crippen molar-refractivity contribution < 1.29 is 67.4 Å². The van der Waals surface area contributed by atoms with Crippen LogP contribution < -0.4 is 75.7 Å². The maximum Gasteiger partial charge on any atom is 0.246 e. The van der Waals surface area contributed by atoms with Gasteiger partial charge in [-0.25, -0.2) is 9.97 Å². The molecule has 0 bridgehead atoms. The number of nitrogens with two attached hydrogens (primary N) is 3. The summed E-state index contributed by atoms with van der Waals surface area (Å²) in [5.41, 5.74) is 14.0. The number of carbonyl (C=O) groups is 13. The van der Waals surface area contributed by atoms with Crippen LogP contribution in [0.3, 0.4) is 0 Å². The van der Waals surface area contributed by atoms with Crippen molar-refractivity contribution in [3.05, 3.63) is 48.6 Å². The monoisotopic (exact) mass is 1380 g/mol. The third kappa shape index (κ3) is 28.7. The first kappa shape index (κ1) is 83.4. The van der Waals surface area contributed by atoms with Gasteiger partial charge in [-0.15, -0.1) is 0 Å². The number of nitrogens with one attached hydrogen (secondary N) is 13. The fraction of sp³-hybridized carbons (Fsp3) is 0.682. The van der Waals surface area contributed by atoms with E-state index in [1.54, 1.807) is 40.7 Å². The zero-order chi connectivity index (χ0) is 73.5. The molecule has 32 heteroatoms. The lowest BCUT2D eigenvalue weighted by molar-refractivity contribution is -0.139. The summed E-state index contributed by atoms with van der Waals surface area (Å²) in [7, 11) is 0. The molecular formula is C66H110N18O14. The van der Waals surface area contributed by atoms with Gasteiger partial charge in [0.25, 0.3) is 0 Å². The molecule has 20 N–H and O–H groups in total. The zero-order valence-electron chi connectivity index (χ0n) is 58.8. The van der Waals surface area contributed by atoms with Gasteiger partial charge in [0, 0.05) is 50.0 Å². The Balaban J connectivity index is 2.10. The SMILES string of the molecule is CC[C@H](C)[C@H](NC(=O)[C@H](CCCCN)NC(=O)[C@H](Cc1cnc[nH]1)NC(C)=O)C(=O)N[C@@H](CC(C)C)C(=O)N[C@@H](Cc1cnc[nH]1)C(=O)N[C@@]1(C)CCC/C=C/CCC[C@@](C)(C(=O)N[C@@H](CO)C(N)=O)NC(=O)[C@H](CCC(N)=O)NC(=O)[C@H](CC(C)C)NC(=O)[C@H](CC(C)C)NC1=O. The van der Waals surface area contributed by atoms with Crippen LogP contribution in [0.4, 0.5) is 0 Å². The number of hydrogen-bond acceptors (Lipinski definition) is 17. The van der Waals surface area contributed by atoms with Gasteiger partial charge in [-0.2, -0.15) is 0 Å². The van der Waals surface area contributed by atoms with Crippen LogP contribution in [0.1, 0.15) is 184 Å². The van der Waals surface area contributed by atoms with Crippen molar-refractivity contribution in [1.82, 2.24) is 78.4 Å². The van der Waals surface area contributed by atoms with Crippen LogP contribution in [-0.4, -0.2) is 180 Å². The van der Waals surface area contributed by atoms with E-state index in [0.29, 0.717) is 50.0 Å². The molecule has 3 heterocycles. The molecule has 3 rings (SSSR count). The summed E-state index contributed by atoms with van der Waals surface area (Å²) in [6.45, 7) is 17.9. The standard InChI is InChI=1S/C66H110N18O14/c1-12-40(8)53(82-55(89)44(21-17-20-26-67)75-59(93)49(74-41(9)86)30-42-32-70-35-72-42)62(96)79-47(28-38(4)5)57(91)78-50(31-43-33-71-36-73-43)61(95)84-65(10)24-18-15-13-14-16-19-25-66(11,64(98)81-51(34-85)54(69)88)83-60(94)45(22-23-52(68)87)76-56(90)46(27-37(2)3)77-58(92)48(29-39(6)7)80-63(65)97/h13-14,32-33,35-40,44-51,53,85H,12,15-31,34,67H2,1-11H3,(H2,68,87)(H2,69,88)(H,70,72)(H,71,73)(H,74,86)(H,75,93)(H,76,90)(H,77,92)(H,78,91)(H,79,96)(H,80,97)(H,81,98)(H,82,89)(H,83,94)(H,84,95)/b14-13+/t40-,44-,45-,46-,47-,48-,49-,50-,51-,53-,65-,66-/m0/s1. The second-order valence-corrected chi connectivity index (χ2v) is 27.2. The molecule has 0 saturated carbocycles. The average Bonchev–Trinajstić information content (AvgIpc) is 0.995. The van der Waals surface area contributed by atoms with E-state index in [-0.39, 0.29) is 88.4 Å². The van der Waals surface area contributed by atoms with Gasteiger partial charge in [-0.05, 0) is 128 Å². The fourth-order valence-corrected chi connectivity index (χ4v) is 11.0. The van der Waals surface area contributed by atoms with Crippen molar-refractivity contribution in [3.63, 3.8) is 0 Å². The molecule has 0 fully saturated rings. The molecule has 2 aromatic rings. The van der Waals surface area contributed by atoms with E-state index in [9.17, 15) is 57.8 Å². The molecule has 32 nitrogen and oxygen atoms in total. The number of aliphatic hydroxyl groups is 1. The number of nitrogens with zero attached hydrogens (tertiary/aromatic N) is 2. The fourth-order valence-electron chi connectivity index (χ4n) is 11.0. The summed E-state index contributed by atoms with van der Waals surface area (Å²) in [6, 6.07) is -12.0. The van der Waals surface area contributed by atoms with Gasteiger partial charge in [0.1, 0.15) is 65.5 Å². The van der Waals surface area contributed by atoms with Crippen molar-refractivity contribution >= 4 is 76.8 Å². The van der Waals surface area contributed by atoms with Gasteiger partial charge in [0.2, 0.25) is 76.8 Å². The number of aromatic nitrogens is 4. The number of H-pyrrole nitrogens is 2. The summed E-state index contributed by atoms with van der Waals surface area (Å²) in [6.07, 6.45) is 11.0. The van der Waals surface area contributed by atoms with Crippen LogP contribution in [0.25, 0.3) is 0 Å². The second kappa shape index (κ2) is 41.4. The average molecular weight is 1380 g/mol. The Kier molecular flexibility index (Phi) is 35.3. The zero-order valence-corrected chi connectivity index (χ0v) is 58.8. The van der Waals surface area contributed by atoms with E-state index in [1.165, 1.54) is 45.8 Å². The molecule has 0 saturated heterocycles. The number of primary amides is 2.